The van der Waals surface area contributed by atoms with E-state index in [0.29, 0.717) is 24.1 Å². The monoisotopic (exact) mass is 349 g/mol. The first-order valence-electron chi connectivity index (χ1n) is 8.79. The van der Waals surface area contributed by atoms with E-state index in [0.717, 1.165) is 11.1 Å². The summed E-state index contributed by atoms with van der Waals surface area (Å²) in [6, 6.07) is 15.2. The SMILES string of the molecule is C=CCC1(C(=O)OCC)c2ccccc2C(=O)N1Cc1ccc(C)cc1. The third kappa shape index (κ3) is 2.81. The maximum atomic E-state index is 13.2. The van der Waals surface area contributed by atoms with Gasteiger partial charge in [0.2, 0.25) is 0 Å². The van der Waals surface area contributed by atoms with E-state index in [1.807, 2.05) is 49.4 Å². The molecule has 1 atom stereocenters. The highest BCUT2D eigenvalue weighted by atomic mass is 16.5. The van der Waals surface area contributed by atoms with Crippen LogP contribution < -0.4 is 0 Å². The Balaban J connectivity index is 2.13. The molecule has 1 amide bonds. The zero-order chi connectivity index (χ0) is 18.7. The lowest BCUT2D eigenvalue weighted by atomic mass is 9.86. The highest BCUT2D eigenvalue weighted by Gasteiger charge is 2.55. The molecule has 0 spiro atoms. The fourth-order valence-corrected chi connectivity index (χ4v) is 3.56. The van der Waals surface area contributed by atoms with Gasteiger partial charge in [0.25, 0.3) is 5.91 Å². The maximum Gasteiger partial charge on any atom is 0.337 e. The van der Waals surface area contributed by atoms with Crippen LogP contribution in [0.2, 0.25) is 0 Å². The molecule has 0 aromatic heterocycles. The van der Waals surface area contributed by atoms with Crippen molar-refractivity contribution in [1.82, 2.24) is 4.90 Å². The molecular formula is C22H23NO3. The maximum absolute atomic E-state index is 13.2. The average molecular weight is 349 g/mol. The van der Waals surface area contributed by atoms with Crippen molar-refractivity contribution in [2.45, 2.75) is 32.4 Å². The van der Waals surface area contributed by atoms with Gasteiger partial charge in [0.05, 0.1) is 6.61 Å². The topological polar surface area (TPSA) is 46.6 Å². The molecule has 1 aliphatic heterocycles. The second-order valence-corrected chi connectivity index (χ2v) is 6.50. The number of esters is 1. The van der Waals surface area contributed by atoms with Crippen molar-refractivity contribution in [3.05, 3.63) is 83.4 Å². The summed E-state index contributed by atoms with van der Waals surface area (Å²) in [7, 11) is 0. The van der Waals surface area contributed by atoms with E-state index in [2.05, 4.69) is 6.58 Å². The molecule has 2 aromatic carbocycles. The number of carbonyl (C=O) groups excluding carboxylic acids is 2. The van der Waals surface area contributed by atoms with Crippen LogP contribution in [0, 0.1) is 6.92 Å². The molecule has 1 heterocycles. The van der Waals surface area contributed by atoms with E-state index < -0.39 is 11.5 Å². The van der Waals surface area contributed by atoms with Gasteiger partial charge in [-0.2, -0.15) is 0 Å². The average Bonchev–Trinajstić information content (AvgIpc) is 2.88. The molecule has 134 valence electrons. The molecular weight excluding hydrogens is 326 g/mol. The Morgan fingerprint density at radius 3 is 2.54 bits per heavy atom. The van der Waals surface area contributed by atoms with Crippen LogP contribution in [0.25, 0.3) is 0 Å². The number of hydrogen-bond donors (Lipinski definition) is 0. The van der Waals surface area contributed by atoms with Gasteiger partial charge in [0.15, 0.2) is 5.54 Å². The predicted molar refractivity (Wildman–Crippen MR) is 101 cm³/mol. The molecule has 0 fully saturated rings. The lowest BCUT2D eigenvalue weighted by Crippen LogP contribution is -2.50. The van der Waals surface area contributed by atoms with Gasteiger partial charge in [-0.25, -0.2) is 4.79 Å². The van der Waals surface area contributed by atoms with Crippen LogP contribution in [-0.2, 0) is 21.6 Å². The summed E-state index contributed by atoms with van der Waals surface area (Å²) in [5, 5.41) is 0. The summed E-state index contributed by atoms with van der Waals surface area (Å²) in [5.74, 6) is -0.568. The first kappa shape index (κ1) is 17.9. The van der Waals surface area contributed by atoms with E-state index in [9.17, 15) is 9.59 Å². The van der Waals surface area contributed by atoms with Gasteiger partial charge in [-0.05, 0) is 25.5 Å². The number of nitrogens with zero attached hydrogens (tertiary/aromatic N) is 1. The molecule has 1 aliphatic rings. The zero-order valence-corrected chi connectivity index (χ0v) is 15.2. The summed E-state index contributed by atoms with van der Waals surface area (Å²) >= 11 is 0. The van der Waals surface area contributed by atoms with E-state index in [4.69, 9.17) is 4.74 Å². The molecule has 3 rings (SSSR count). The normalized spacial score (nSPS) is 18.5. The van der Waals surface area contributed by atoms with Crippen molar-refractivity contribution in [1.29, 1.82) is 0 Å². The Labute approximate surface area is 154 Å². The summed E-state index contributed by atoms with van der Waals surface area (Å²) in [4.78, 5) is 27.8. The zero-order valence-electron chi connectivity index (χ0n) is 15.2. The summed E-state index contributed by atoms with van der Waals surface area (Å²) in [6.45, 7) is 8.19. The number of fused-ring (bicyclic) bond motifs is 1. The van der Waals surface area contributed by atoms with Gasteiger partial charge in [-0.1, -0.05) is 54.1 Å². The van der Waals surface area contributed by atoms with Crippen LogP contribution >= 0.6 is 0 Å². The van der Waals surface area contributed by atoms with E-state index >= 15 is 0 Å². The van der Waals surface area contributed by atoms with Crippen LogP contribution in [-0.4, -0.2) is 23.4 Å². The van der Waals surface area contributed by atoms with Gasteiger partial charge < -0.3 is 9.64 Å². The molecule has 0 bridgehead atoms. The van der Waals surface area contributed by atoms with Crippen molar-refractivity contribution >= 4 is 11.9 Å². The fraction of sp³-hybridized carbons (Fsp3) is 0.273. The third-order valence-electron chi connectivity index (χ3n) is 4.82. The quantitative estimate of drug-likeness (QED) is 0.585. The lowest BCUT2D eigenvalue weighted by Gasteiger charge is -2.36. The van der Waals surface area contributed by atoms with Crippen molar-refractivity contribution < 1.29 is 14.3 Å². The van der Waals surface area contributed by atoms with Crippen LogP contribution in [0.5, 0.6) is 0 Å². The van der Waals surface area contributed by atoms with Crippen LogP contribution in [0.15, 0.2) is 61.2 Å². The highest BCUT2D eigenvalue weighted by molar-refractivity contribution is 6.06. The predicted octanol–water partition coefficient (Wildman–Crippen LogP) is 3.99. The second-order valence-electron chi connectivity index (χ2n) is 6.50. The number of ether oxygens (including phenoxy) is 1. The van der Waals surface area contributed by atoms with Gasteiger partial charge in [-0.15, -0.1) is 6.58 Å². The Hall–Kier alpha value is -2.88. The highest BCUT2D eigenvalue weighted by Crippen LogP contribution is 2.44. The van der Waals surface area contributed by atoms with E-state index in [1.54, 1.807) is 24.0 Å². The minimum absolute atomic E-state index is 0.156. The smallest absolute Gasteiger partial charge is 0.337 e. The summed E-state index contributed by atoms with van der Waals surface area (Å²) in [5.41, 5.74) is 2.18. The second kappa shape index (κ2) is 7.16. The molecule has 1 unspecified atom stereocenters. The van der Waals surface area contributed by atoms with Crippen molar-refractivity contribution in [2.24, 2.45) is 0 Å². The number of carbonyl (C=O) groups is 2. The molecule has 0 saturated heterocycles. The van der Waals surface area contributed by atoms with Gasteiger partial charge in [0.1, 0.15) is 0 Å². The van der Waals surface area contributed by atoms with Crippen LogP contribution in [0.3, 0.4) is 0 Å². The molecule has 2 aromatic rings. The first-order valence-corrected chi connectivity index (χ1v) is 8.79. The van der Waals surface area contributed by atoms with Crippen LogP contribution in [0.4, 0.5) is 0 Å². The summed E-state index contributed by atoms with van der Waals surface area (Å²) < 4.78 is 5.39. The van der Waals surface area contributed by atoms with Crippen molar-refractivity contribution in [2.75, 3.05) is 6.61 Å². The Bertz CT molecular complexity index is 841. The number of hydrogen-bond acceptors (Lipinski definition) is 3. The van der Waals surface area contributed by atoms with Crippen molar-refractivity contribution in [3.8, 4) is 0 Å². The number of amides is 1. The molecule has 4 nitrogen and oxygen atoms in total. The first-order chi connectivity index (χ1) is 12.5. The molecule has 0 saturated carbocycles. The minimum atomic E-state index is -1.17. The minimum Gasteiger partial charge on any atom is -0.464 e. The van der Waals surface area contributed by atoms with Gasteiger partial charge in [0, 0.05) is 24.1 Å². The van der Waals surface area contributed by atoms with Crippen molar-refractivity contribution in [3.63, 3.8) is 0 Å². The lowest BCUT2D eigenvalue weighted by molar-refractivity contribution is -0.156. The summed E-state index contributed by atoms with van der Waals surface area (Å²) in [6.07, 6.45) is 1.98. The number of aryl methyl sites for hydroxylation is 1. The fourth-order valence-electron chi connectivity index (χ4n) is 3.56. The Morgan fingerprint density at radius 2 is 1.88 bits per heavy atom. The molecule has 26 heavy (non-hydrogen) atoms. The Morgan fingerprint density at radius 1 is 1.19 bits per heavy atom. The van der Waals surface area contributed by atoms with Gasteiger partial charge >= 0.3 is 5.97 Å². The van der Waals surface area contributed by atoms with E-state index in [-0.39, 0.29) is 12.5 Å². The molecule has 0 N–H and O–H groups in total. The largest absolute Gasteiger partial charge is 0.464 e. The third-order valence-corrected chi connectivity index (χ3v) is 4.82. The van der Waals surface area contributed by atoms with E-state index in [1.165, 1.54) is 0 Å². The Kier molecular flexibility index (Phi) is 4.94. The molecule has 4 heteroatoms. The standard InChI is InChI=1S/C22H23NO3/c1-4-14-22(21(25)26-5-2)19-9-7-6-8-18(19)20(24)23(22)15-17-12-10-16(3)11-13-17/h4,6-13H,1,5,14-15H2,2-3H3. The number of rotatable bonds is 6. The number of benzene rings is 2. The molecule has 0 aliphatic carbocycles. The molecule has 0 radical (unpaired) electrons. The van der Waals surface area contributed by atoms with Crippen LogP contribution in [0.1, 0.15) is 40.4 Å². The van der Waals surface area contributed by atoms with Gasteiger partial charge in [-0.3, -0.25) is 4.79 Å².